The summed E-state index contributed by atoms with van der Waals surface area (Å²) in [6.07, 6.45) is 1.46. The zero-order valence-corrected chi connectivity index (χ0v) is 11.4. The van der Waals surface area contributed by atoms with Crippen LogP contribution in [0.2, 0.25) is 0 Å². The molecule has 4 rings (SSSR count). The lowest BCUT2D eigenvalue weighted by Gasteiger charge is -2.06. The first-order chi connectivity index (χ1) is 10.3. The number of nitrogens with zero attached hydrogens (tertiary/aromatic N) is 6. The predicted molar refractivity (Wildman–Crippen MR) is 75.6 cm³/mol. The normalized spacial score (nSPS) is 11.2. The summed E-state index contributed by atoms with van der Waals surface area (Å²) in [7, 11) is 0. The Hall–Kier alpha value is -2.74. The highest BCUT2D eigenvalue weighted by molar-refractivity contribution is 7.99. The van der Waals surface area contributed by atoms with Gasteiger partial charge in [0.25, 0.3) is 5.03 Å². The molecule has 0 aliphatic carbocycles. The molecule has 0 N–H and O–H groups in total. The molecule has 0 saturated carbocycles. The third kappa shape index (κ3) is 1.96. The van der Waals surface area contributed by atoms with Crippen molar-refractivity contribution in [2.24, 2.45) is 0 Å². The Bertz CT molecular complexity index is 954. The molecule has 0 saturated heterocycles. The van der Waals surface area contributed by atoms with Gasteiger partial charge in [0, 0.05) is 34.7 Å². The lowest BCUT2D eigenvalue weighted by Crippen LogP contribution is -2.27. The molecular weight excluding hydrogens is 288 g/mol. The highest BCUT2D eigenvalue weighted by atomic mass is 32.2. The van der Waals surface area contributed by atoms with Crippen LogP contribution in [0.1, 0.15) is 0 Å². The van der Waals surface area contributed by atoms with E-state index < -0.39 is 0 Å². The van der Waals surface area contributed by atoms with Crippen LogP contribution >= 0.6 is 11.8 Å². The van der Waals surface area contributed by atoms with Crippen molar-refractivity contribution in [1.29, 1.82) is 0 Å². The van der Waals surface area contributed by atoms with Crippen molar-refractivity contribution < 1.29 is 4.73 Å². The SMILES string of the molecule is [O-][n+]1ccccc1Sc1nn2nnnc2c2ccccc12. The van der Waals surface area contributed by atoms with Gasteiger partial charge in [0.05, 0.1) is 0 Å². The lowest BCUT2D eigenvalue weighted by atomic mass is 10.2. The second-order valence-electron chi connectivity index (χ2n) is 4.31. The van der Waals surface area contributed by atoms with Gasteiger partial charge in [-0.2, -0.15) is 4.73 Å². The van der Waals surface area contributed by atoms with Crippen LogP contribution in [0.3, 0.4) is 0 Å². The molecule has 0 unspecified atom stereocenters. The van der Waals surface area contributed by atoms with Gasteiger partial charge in [-0.3, -0.25) is 0 Å². The van der Waals surface area contributed by atoms with Crippen molar-refractivity contribution in [3.05, 3.63) is 53.9 Å². The summed E-state index contributed by atoms with van der Waals surface area (Å²) < 4.78 is 2.19. The van der Waals surface area contributed by atoms with E-state index in [-0.39, 0.29) is 0 Å². The number of hydrogen-bond acceptors (Lipinski definition) is 6. The Morgan fingerprint density at radius 1 is 1.05 bits per heavy atom. The number of tetrazole rings is 1. The fraction of sp³-hybridized carbons (Fsp3) is 0. The maximum Gasteiger partial charge on any atom is 0.257 e. The van der Waals surface area contributed by atoms with E-state index in [9.17, 15) is 5.21 Å². The van der Waals surface area contributed by atoms with Crippen LogP contribution in [-0.4, -0.2) is 25.3 Å². The Balaban J connectivity index is 1.96. The molecule has 0 amide bonds. The van der Waals surface area contributed by atoms with Crippen LogP contribution in [0.15, 0.2) is 58.7 Å². The van der Waals surface area contributed by atoms with Crippen LogP contribution < -0.4 is 4.73 Å². The van der Waals surface area contributed by atoms with Crippen molar-refractivity contribution in [3.63, 3.8) is 0 Å². The predicted octanol–water partition coefficient (Wildman–Crippen LogP) is 1.46. The van der Waals surface area contributed by atoms with Gasteiger partial charge in [-0.15, -0.1) is 14.8 Å². The number of aromatic nitrogens is 6. The quantitative estimate of drug-likeness (QED) is 0.411. The third-order valence-electron chi connectivity index (χ3n) is 3.03. The van der Waals surface area contributed by atoms with Gasteiger partial charge >= 0.3 is 0 Å². The van der Waals surface area contributed by atoms with Crippen molar-refractivity contribution in [1.82, 2.24) is 25.3 Å². The summed E-state index contributed by atoms with van der Waals surface area (Å²) in [6, 6.07) is 13.0. The highest BCUT2D eigenvalue weighted by Gasteiger charge is 2.15. The lowest BCUT2D eigenvalue weighted by molar-refractivity contribution is -0.645. The number of fused-ring (bicyclic) bond motifs is 3. The number of rotatable bonds is 2. The molecule has 102 valence electrons. The first kappa shape index (κ1) is 12.0. The first-order valence-electron chi connectivity index (χ1n) is 6.16. The average Bonchev–Trinajstić information content (AvgIpc) is 2.98. The van der Waals surface area contributed by atoms with E-state index in [1.54, 1.807) is 12.1 Å². The third-order valence-corrected chi connectivity index (χ3v) is 4.05. The zero-order valence-electron chi connectivity index (χ0n) is 10.6. The van der Waals surface area contributed by atoms with Crippen LogP contribution in [0.4, 0.5) is 0 Å². The van der Waals surface area contributed by atoms with Gasteiger partial charge in [-0.25, -0.2) is 0 Å². The van der Waals surface area contributed by atoms with Crippen molar-refractivity contribution in [2.75, 3.05) is 0 Å². The summed E-state index contributed by atoms with van der Waals surface area (Å²) in [4.78, 5) is 0. The van der Waals surface area contributed by atoms with E-state index in [0.717, 1.165) is 15.5 Å². The highest BCUT2D eigenvalue weighted by Crippen LogP contribution is 2.30. The van der Waals surface area contributed by atoms with Crippen molar-refractivity contribution in [3.8, 4) is 0 Å². The summed E-state index contributed by atoms with van der Waals surface area (Å²) in [5.74, 6) is 0. The average molecular weight is 296 g/mol. The summed E-state index contributed by atoms with van der Waals surface area (Å²) in [6.45, 7) is 0. The molecule has 3 aromatic heterocycles. The van der Waals surface area contributed by atoms with Crippen LogP contribution in [0.25, 0.3) is 16.4 Å². The zero-order chi connectivity index (χ0) is 14.2. The van der Waals surface area contributed by atoms with Crippen LogP contribution in [0, 0.1) is 5.21 Å². The van der Waals surface area contributed by atoms with E-state index in [0.29, 0.717) is 15.7 Å². The molecule has 0 aliphatic heterocycles. The van der Waals surface area contributed by atoms with E-state index in [1.807, 2.05) is 30.3 Å². The Kier molecular flexibility index (Phi) is 2.68. The van der Waals surface area contributed by atoms with Gasteiger partial charge in [0.1, 0.15) is 5.03 Å². The minimum atomic E-state index is 0.544. The van der Waals surface area contributed by atoms with E-state index in [4.69, 9.17) is 0 Å². The van der Waals surface area contributed by atoms with Gasteiger partial charge in [-0.05, 0) is 16.5 Å². The van der Waals surface area contributed by atoms with Crippen LogP contribution in [-0.2, 0) is 0 Å². The maximum atomic E-state index is 11.8. The molecular formula is C13H8N6OS. The summed E-state index contributed by atoms with van der Waals surface area (Å²) in [5.41, 5.74) is 0.595. The summed E-state index contributed by atoms with van der Waals surface area (Å²) >= 11 is 1.28. The van der Waals surface area contributed by atoms with Crippen molar-refractivity contribution >= 4 is 28.2 Å². The second kappa shape index (κ2) is 4.67. The van der Waals surface area contributed by atoms with Crippen molar-refractivity contribution in [2.45, 2.75) is 10.1 Å². The molecule has 0 aliphatic rings. The van der Waals surface area contributed by atoms with Gasteiger partial charge in [-0.1, -0.05) is 24.3 Å². The van der Waals surface area contributed by atoms with E-state index in [2.05, 4.69) is 20.6 Å². The molecule has 3 heterocycles. The van der Waals surface area contributed by atoms with Gasteiger partial charge in [0.2, 0.25) is 5.65 Å². The Morgan fingerprint density at radius 3 is 2.71 bits per heavy atom. The summed E-state index contributed by atoms with van der Waals surface area (Å²) in [5, 5.41) is 30.7. The van der Waals surface area contributed by atoms with E-state index >= 15 is 0 Å². The molecule has 4 aromatic rings. The molecule has 0 radical (unpaired) electrons. The van der Waals surface area contributed by atoms with Gasteiger partial charge < -0.3 is 5.21 Å². The van der Waals surface area contributed by atoms with Gasteiger partial charge in [0.15, 0.2) is 6.20 Å². The number of benzene rings is 1. The first-order valence-corrected chi connectivity index (χ1v) is 6.98. The number of hydrogen-bond donors (Lipinski definition) is 0. The van der Waals surface area contributed by atoms with E-state index in [1.165, 1.54) is 22.6 Å². The Labute approximate surface area is 122 Å². The molecule has 7 nitrogen and oxygen atoms in total. The monoisotopic (exact) mass is 296 g/mol. The molecule has 0 bridgehead atoms. The fourth-order valence-electron chi connectivity index (χ4n) is 2.08. The Morgan fingerprint density at radius 2 is 1.86 bits per heavy atom. The minimum absolute atomic E-state index is 0.544. The standard InChI is InChI=1S/C13H8N6OS/c20-18-8-4-3-7-11(18)21-13-10-6-2-1-5-9(10)12-14-16-17-19(12)15-13/h1-8H. The second-order valence-corrected chi connectivity index (χ2v) is 5.32. The molecule has 0 fully saturated rings. The fourth-order valence-corrected chi connectivity index (χ4v) is 2.98. The minimum Gasteiger partial charge on any atom is -0.618 e. The molecule has 0 spiro atoms. The smallest absolute Gasteiger partial charge is 0.257 e. The maximum absolute atomic E-state index is 11.8. The largest absolute Gasteiger partial charge is 0.618 e. The molecule has 1 aromatic carbocycles. The molecule has 8 heteroatoms. The molecule has 0 atom stereocenters. The number of pyridine rings is 1. The van der Waals surface area contributed by atoms with Crippen LogP contribution in [0.5, 0.6) is 0 Å². The topological polar surface area (TPSA) is 82.9 Å². The molecule has 21 heavy (non-hydrogen) atoms.